The van der Waals surface area contributed by atoms with E-state index in [2.05, 4.69) is 71.5 Å². The molecule has 1 heterocycles. The maximum absolute atomic E-state index is 13.3. The molecule has 0 radical (unpaired) electrons. The van der Waals surface area contributed by atoms with Crippen LogP contribution in [0.5, 0.6) is 0 Å². The number of benzene rings is 3. The van der Waals surface area contributed by atoms with Crippen LogP contribution in [0.3, 0.4) is 0 Å². The van der Waals surface area contributed by atoms with Crippen molar-refractivity contribution in [2.75, 3.05) is 0 Å². The fraction of sp³-hybridized carbons (Fsp3) is 0.192. The van der Waals surface area contributed by atoms with Gasteiger partial charge in [0.25, 0.3) is 5.91 Å². The predicted molar refractivity (Wildman–Crippen MR) is 117 cm³/mol. The fourth-order valence-electron chi connectivity index (χ4n) is 4.12. The zero-order valence-corrected chi connectivity index (χ0v) is 16.6. The van der Waals surface area contributed by atoms with Crippen molar-refractivity contribution in [3.63, 3.8) is 0 Å². The second kappa shape index (κ2) is 6.93. The predicted octanol–water partition coefficient (Wildman–Crippen LogP) is 5.42. The molecule has 1 fully saturated rings. The standard InChI is InChI=1S/C26H24N2O/c1-19-10-12-22(13-11-19)26(15-16-26)27-25(29)23-9-5-8-21-14-17-28(24(21)23)18-20-6-3-2-4-7-20/h2-14,17H,15-16,18H2,1H3,(H,27,29). The average Bonchev–Trinajstić information content (AvgIpc) is 3.41. The molecule has 0 unspecified atom stereocenters. The number of rotatable bonds is 5. The molecule has 0 saturated heterocycles. The largest absolute Gasteiger partial charge is 0.342 e. The molecule has 4 aromatic rings. The highest BCUT2D eigenvalue weighted by Gasteiger charge is 2.45. The zero-order valence-electron chi connectivity index (χ0n) is 16.6. The Bertz CT molecular complexity index is 1170. The van der Waals surface area contributed by atoms with Gasteiger partial charge in [0.1, 0.15) is 0 Å². The van der Waals surface area contributed by atoms with Crippen LogP contribution < -0.4 is 5.32 Å². The number of aryl methyl sites for hydroxylation is 1. The molecule has 0 spiro atoms. The van der Waals surface area contributed by atoms with Crippen molar-refractivity contribution in [1.29, 1.82) is 0 Å². The lowest BCUT2D eigenvalue weighted by atomic mass is 10.0. The summed E-state index contributed by atoms with van der Waals surface area (Å²) in [5.74, 6) is 0.00156. The van der Waals surface area contributed by atoms with Gasteiger partial charge in [0, 0.05) is 18.1 Å². The number of fused-ring (bicyclic) bond motifs is 1. The zero-order chi connectivity index (χ0) is 19.8. The highest BCUT2D eigenvalue weighted by atomic mass is 16.1. The van der Waals surface area contributed by atoms with E-state index in [0.29, 0.717) is 0 Å². The number of amides is 1. The van der Waals surface area contributed by atoms with Crippen molar-refractivity contribution in [3.05, 3.63) is 107 Å². The number of nitrogens with one attached hydrogen (secondary N) is 1. The molecule has 5 rings (SSSR count). The summed E-state index contributed by atoms with van der Waals surface area (Å²) < 4.78 is 2.17. The highest BCUT2D eigenvalue weighted by molar-refractivity contribution is 6.06. The molecule has 1 aliphatic carbocycles. The fourth-order valence-corrected chi connectivity index (χ4v) is 4.12. The second-order valence-electron chi connectivity index (χ2n) is 8.07. The molecule has 1 aromatic heterocycles. The Labute approximate surface area is 171 Å². The molecule has 1 saturated carbocycles. The Morgan fingerprint density at radius 1 is 0.931 bits per heavy atom. The van der Waals surface area contributed by atoms with Gasteiger partial charge in [-0.05, 0) is 43.0 Å². The van der Waals surface area contributed by atoms with Crippen molar-refractivity contribution in [1.82, 2.24) is 9.88 Å². The summed E-state index contributed by atoms with van der Waals surface area (Å²) in [5, 5.41) is 4.43. The van der Waals surface area contributed by atoms with Crippen molar-refractivity contribution >= 4 is 16.8 Å². The first-order valence-electron chi connectivity index (χ1n) is 10.2. The summed E-state index contributed by atoms with van der Waals surface area (Å²) in [6.07, 6.45) is 4.05. The van der Waals surface area contributed by atoms with E-state index in [-0.39, 0.29) is 11.4 Å². The van der Waals surface area contributed by atoms with Crippen LogP contribution in [-0.2, 0) is 12.1 Å². The van der Waals surface area contributed by atoms with Gasteiger partial charge in [-0.25, -0.2) is 0 Å². The Kier molecular flexibility index (Phi) is 4.24. The van der Waals surface area contributed by atoms with Gasteiger partial charge >= 0.3 is 0 Å². The minimum atomic E-state index is -0.218. The Hall–Kier alpha value is -3.33. The first-order valence-corrected chi connectivity index (χ1v) is 10.2. The average molecular weight is 380 g/mol. The molecule has 0 atom stereocenters. The molecule has 1 aliphatic rings. The van der Waals surface area contributed by atoms with E-state index in [1.807, 2.05) is 30.3 Å². The first-order chi connectivity index (χ1) is 14.1. The van der Waals surface area contributed by atoms with E-state index in [4.69, 9.17) is 0 Å². The number of para-hydroxylation sites is 1. The van der Waals surface area contributed by atoms with Crippen LogP contribution >= 0.6 is 0 Å². The minimum Gasteiger partial charge on any atom is -0.342 e. The third kappa shape index (κ3) is 3.33. The molecule has 3 aromatic carbocycles. The van der Waals surface area contributed by atoms with Crippen molar-refractivity contribution in [2.45, 2.75) is 31.8 Å². The normalized spacial score (nSPS) is 14.7. The second-order valence-corrected chi connectivity index (χ2v) is 8.07. The van der Waals surface area contributed by atoms with Crippen LogP contribution in [0.1, 0.15) is 39.9 Å². The quantitative estimate of drug-likeness (QED) is 0.493. The van der Waals surface area contributed by atoms with E-state index in [1.54, 1.807) is 0 Å². The number of carbonyl (C=O) groups is 1. The summed E-state index contributed by atoms with van der Waals surface area (Å²) >= 11 is 0. The Morgan fingerprint density at radius 3 is 2.41 bits per heavy atom. The molecule has 3 nitrogen and oxygen atoms in total. The van der Waals surface area contributed by atoms with Gasteiger partial charge < -0.3 is 9.88 Å². The number of hydrogen-bond donors (Lipinski definition) is 1. The van der Waals surface area contributed by atoms with E-state index in [0.717, 1.165) is 35.9 Å². The number of nitrogens with zero attached hydrogens (tertiary/aromatic N) is 1. The third-order valence-corrected chi connectivity index (χ3v) is 5.94. The van der Waals surface area contributed by atoms with Crippen molar-refractivity contribution < 1.29 is 4.79 Å². The molecular formula is C26H24N2O. The minimum absolute atomic E-state index is 0.00156. The van der Waals surface area contributed by atoms with Gasteiger partial charge in [-0.2, -0.15) is 0 Å². The number of carbonyl (C=O) groups excluding carboxylic acids is 1. The van der Waals surface area contributed by atoms with Crippen molar-refractivity contribution in [3.8, 4) is 0 Å². The summed E-state index contributed by atoms with van der Waals surface area (Å²) in [5.41, 5.74) is 5.17. The molecule has 3 heteroatoms. The number of hydrogen-bond acceptors (Lipinski definition) is 1. The van der Waals surface area contributed by atoms with E-state index in [1.165, 1.54) is 16.7 Å². The van der Waals surface area contributed by atoms with E-state index >= 15 is 0 Å². The van der Waals surface area contributed by atoms with Crippen LogP contribution in [0.2, 0.25) is 0 Å². The molecule has 0 bridgehead atoms. The lowest BCUT2D eigenvalue weighted by Gasteiger charge is -2.19. The third-order valence-electron chi connectivity index (χ3n) is 5.94. The van der Waals surface area contributed by atoms with Crippen LogP contribution in [0, 0.1) is 6.92 Å². The maximum Gasteiger partial charge on any atom is 0.254 e. The molecule has 1 amide bonds. The van der Waals surface area contributed by atoms with Crippen LogP contribution in [0.15, 0.2) is 85.1 Å². The molecule has 144 valence electrons. The van der Waals surface area contributed by atoms with Gasteiger partial charge in [-0.1, -0.05) is 72.3 Å². The number of aromatic nitrogens is 1. The van der Waals surface area contributed by atoms with Crippen molar-refractivity contribution in [2.24, 2.45) is 0 Å². The molecule has 29 heavy (non-hydrogen) atoms. The van der Waals surface area contributed by atoms with Crippen LogP contribution in [0.4, 0.5) is 0 Å². The lowest BCUT2D eigenvalue weighted by molar-refractivity contribution is 0.0932. The highest BCUT2D eigenvalue weighted by Crippen LogP contribution is 2.45. The smallest absolute Gasteiger partial charge is 0.254 e. The summed E-state index contributed by atoms with van der Waals surface area (Å²) in [7, 11) is 0. The van der Waals surface area contributed by atoms with Crippen LogP contribution in [0.25, 0.3) is 10.9 Å². The Balaban J connectivity index is 1.47. The molecule has 0 aliphatic heterocycles. The first kappa shape index (κ1) is 17.7. The maximum atomic E-state index is 13.3. The van der Waals surface area contributed by atoms with E-state index < -0.39 is 0 Å². The molecule has 1 N–H and O–H groups in total. The van der Waals surface area contributed by atoms with Gasteiger partial charge in [-0.3, -0.25) is 4.79 Å². The lowest BCUT2D eigenvalue weighted by Crippen LogP contribution is -2.35. The summed E-state index contributed by atoms with van der Waals surface area (Å²) in [6.45, 7) is 2.83. The summed E-state index contributed by atoms with van der Waals surface area (Å²) in [4.78, 5) is 13.3. The van der Waals surface area contributed by atoms with E-state index in [9.17, 15) is 4.79 Å². The SMILES string of the molecule is Cc1ccc(C2(NC(=O)c3cccc4ccn(Cc5ccccc5)c34)CC2)cc1. The summed E-state index contributed by atoms with van der Waals surface area (Å²) in [6, 6.07) is 26.9. The van der Waals surface area contributed by atoms with Gasteiger partial charge in [-0.15, -0.1) is 0 Å². The van der Waals surface area contributed by atoms with Gasteiger partial charge in [0.15, 0.2) is 0 Å². The topological polar surface area (TPSA) is 34.0 Å². The van der Waals surface area contributed by atoms with Gasteiger partial charge in [0.05, 0.1) is 16.6 Å². The Morgan fingerprint density at radius 2 is 1.69 bits per heavy atom. The monoisotopic (exact) mass is 380 g/mol. The van der Waals surface area contributed by atoms with Gasteiger partial charge in [0.2, 0.25) is 0 Å². The molecular weight excluding hydrogens is 356 g/mol. The van der Waals surface area contributed by atoms with Crippen LogP contribution in [-0.4, -0.2) is 10.5 Å².